The number of hydrogen-bond acceptors (Lipinski definition) is 5. The van der Waals surface area contributed by atoms with Crippen molar-refractivity contribution in [2.24, 2.45) is 5.73 Å². The molecular formula is C9H13ClN4OS. The van der Waals surface area contributed by atoms with E-state index in [1.165, 1.54) is 12.4 Å². The molecule has 0 spiro atoms. The molecule has 3 N–H and O–H groups in total. The fourth-order valence-electron chi connectivity index (χ4n) is 0.997. The molecule has 0 fully saturated rings. The van der Waals surface area contributed by atoms with Gasteiger partial charge in [0.25, 0.3) is 0 Å². The average Bonchev–Trinajstić information content (AvgIpc) is 2.25. The molecule has 88 valence electrons. The Hall–Kier alpha value is -0.850. The molecule has 1 aromatic rings. The molecule has 0 aromatic carbocycles. The number of nitrogens with one attached hydrogen (secondary N) is 1. The van der Waals surface area contributed by atoms with E-state index in [0.717, 1.165) is 5.75 Å². The topological polar surface area (TPSA) is 80.9 Å². The van der Waals surface area contributed by atoms with Crippen LogP contribution in [0.3, 0.4) is 0 Å². The molecule has 1 aromatic heterocycles. The van der Waals surface area contributed by atoms with Gasteiger partial charge in [0.15, 0.2) is 0 Å². The number of aromatic nitrogens is 2. The molecule has 0 unspecified atom stereocenters. The Morgan fingerprint density at radius 2 is 2.44 bits per heavy atom. The highest BCUT2D eigenvalue weighted by molar-refractivity contribution is 7.98. The zero-order valence-corrected chi connectivity index (χ0v) is 10.4. The van der Waals surface area contributed by atoms with E-state index in [1.54, 1.807) is 11.8 Å². The summed E-state index contributed by atoms with van der Waals surface area (Å²) in [5.74, 6) is 0.951. The van der Waals surface area contributed by atoms with Crippen LogP contribution in [0.5, 0.6) is 0 Å². The molecule has 0 aliphatic heterocycles. The van der Waals surface area contributed by atoms with Gasteiger partial charge in [-0.3, -0.25) is 4.79 Å². The molecule has 0 aliphatic rings. The Morgan fingerprint density at radius 3 is 3.06 bits per heavy atom. The van der Waals surface area contributed by atoms with E-state index in [4.69, 9.17) is 17.3 Å². The minimum atomic E-state index is -0.527. The van der Waals surface area contributed by atoms with E-state index in [2.05, 4.69) is 15.3 Å². The second-order valence-electron chi connectivity index (χ2n) is 3.10. The first-order valence-corrected chi connectivity index (χ1v) is 6.43. The van der Waals surface area contributed by atoms with Crippen molar-refractivity contribution in [3.8, 4) is 0 Å². The number of hydrogen-bond donors (Lipinski definition) is 2. The zero-order chi connectivity index (χ0) is 12.0. The lowest BCUT2D eigenvalue weighted by atomic mass is 10.2. The maximum atomic E-state index is 11.6. The van der Waals surface area contributed by atoms with Crippen LogP contribution in [-0.2, 0) is 4.79 Å². The second-order valence-corrected chi connectivity index (χ2v) is 4.48. The molecule has 0 saturated heterocycles. The summed E-state index contributed by atoms with van der Waals surface area (Å²) in [6.07, 6.45) is 3.88. The van der Waals surface area contributed by atoms with Crippen molar-refractivity contribution in [2.45, 2.75) is 12.5 Å². The summed E-state index contributed by atoms with van der Waals surface area (Å²) in [5.41, 5.74) is 5.69. The smallest absolute Gasteiger partial charge is 0.242 e. The third-order valence-electron chi connectivity index (χ3n) is 1.85. The summed E-state index contributed by atoms with van der Waals surface area (Å²) in [7, 11) is 0. The predicted molar refractivity (Wildman–Crippen MR) is 66.6 cm³/mol. The van der Waals surface area contributed by atoms with Crippen molar-refractivity contribution in [2.75, 3.05) is 17.3 Å². The van der Waals surface area contributed by atoms with Gasteiger partial charge in [-0.15, -0.1) is 0 Å². The quantitative estimate of drug-likeness (QED) is 0.777. The molecule has 0 radical (unpaired) electrons. The monoisotopic (exact) mass is 260 g/mol. The van der Waals surface area contributed by atoms with Crippen LogP contribution >= 0.6 is 23.4 Å². The highest BCUT2D eigenvalue weighted by Gasteiger charge is 2.13. The minimum Gasteiger partial charge on any atom is -0.320 e. The Labute approximate surface area is 103 Å². The maximum Gasteiger partial charge on any atom is 0.242 e. The first-order chi connectivity index (χ1) is 7.63. The zero-order valence-electron chi connectivity index (χ0n) is 8.81. The number of carbonyl (C=O) groups excluding carboxylic acids is 1. The molecule has 1 amide bonds. The Balaban J connectivity index is 2.50. The Morgan fingerprint density at radius 1 is 1.69 bits per heavy atom. The van der Waals surface area contributed by atoms with Gasteiger partial charge in [0.1, 0.15) is 17.3 Å². The van der Waals surface area contributed by atoms with E-state index in [0.29, 0.717) is 12.2 Å². The van der Waals surface area contributed by atoms with Gasteiger partial charge in [0, 0.05) is 6.07 Å². The van der Waals surface area contributed by atoms with E-state index in [9.17, 15) is 4.79 Å². The molecule has 7 heteroatoms. The molecule has 0 saturated carbocycles. The molecule has 16 heavy (non-hydrogen) atoms. The predicted octanol–water partition coefficient (Wildman–Crippen LogP) is 1.15. The second kappa shape index (κ2) is 6.67. The summed E-state index contributed by atoms with van der Waals surface area (Å²) in [6.45, 7) is 0. The van der Waals surface area contributed by atoms with Crippen molar-refractivity contribution in [1.29, 1.82) is 0 Å². The third-order valence-corrected chi connectivity index (χ3v) is 2.71. The van der Waals surface area contributed by atoms with Gasteiger partial charge in [-0.25, -0.2) is 9.97 Å². The SMILES string of the molecule is CSCC[C@@H](N)C(=O)Nc1cc(Cl)ncn1. The van der Waals surface area contributed by atoms with Crippen LogP contribution in [0.2, 0.25) is 5.15 Å². The van der Waals surface area contributed by atoms with Crippen LogP contribution in [0.25, 0.3) is 0 Å². The first kappa shape index (κ1) is 13.2. The highest BCUT2D eigenvalue weighted by atomic mass is 35.5. The first-order valence-electron chi connectivity index (χ1n) is 4.66. The molecule has 5 nitrogen and oxygen atoms in total. The molecule has 0 aliphatic carbocycles. The van der Waals surface area contributed by atoms with E-state index in [-0.39, 0.29) is 11.1 Å². The summed E-state index contributed by atoms with van der Waals surface area (Å²) in [4.78, 5) is 19.1. The summed E-state index contributed by atoms with van der Waals surface area (Å²) in [5, 5.41) is 2.86. The summed E-state index contributed by atoms with van der Waals surface area (Å²) < 4.78 is 0. The number of nitrogens with zero attached hydrogens (tertiary/aromatic N) is 2. The summed E-state index contributed by atoms with van der Waals surface area (Å²) in [6, 6.07) is 0.946. The minimum absolute atomic E-state index is 0.260. The van der Waals surface area contributed by atoms with Crippen molar-refractivity contribution in [3.05, 3.63) is 17.5 Å². The molecule has 1 rings (SSSR count). The lowest BCUT2D eigenvalue weighted by Gasteiger charge is -2.10. The number of rotatable bonds is 5. The van der Waals surface area contributed by atoms with Gasteiger partial charge in [0.2, 0.25) is 5.91 Å². The number of nitrogens with two attached hydrogens (primary N) is 1. The van der Waals surface area contributed by atoms with Crippen molar-refractivity contribution >= 4 is 35.1 Å². The van der Waals surface area contributed by atoms with Gasteiger partial charge < -0.3 is 11.1 Å². The number of carbonyl (C=O) groups is 1. The normalized spacial score (nSPS) is 12.2. The molecule has 1 heterocycles. The van der Waals surface area contributed by atoms with Crippen LogP contribution in [0.4, 0.5) is 5.82 Å². The lowest BCUT2D eigenvalue weighted by molar-refractivity contribution is -0.117. The van der Waals surface area contributed by atoms with Gasteiger partial charge in [0.05, 0.1) is 6.04 Å². The third kappa shape index (κ3) is 4.34. The Bertz CT molecular complexity index is 363. The van der Waals surface area contributed by atoms with Gasteiger partial charge >= 0.3 is 0 Å². The van der Waals surface area contributed by atoms with Crippen molar-refractivity contribution in [1.82, 2.24) is 9.97 Å². The molecule has 1 atom stereocenters. The van der Waals surface area contributed by atoms with Crippen LogP contribution in [0.15, 0.2) is 12.4 Å². The van der Waals surface area contributed by atoms with Crippen molar-refractivity contribution in [3.63, 3.8) is 0 Å². The van der Waals surface area contributed by atoms with Crippen LogP contribution < -0.4 is 11.1 Å². The number of amides is 1. The number of thioether (sulfide) groups is 1. The number of halogens is 1. The molecular weight excluding hydrogens is 248 g/mol. The number of anilines is 1. The van der Waals surface area contributed by atoms with E-state index in [1.807, 2.05) is 6.26 Å². The van der Waals surface area contributed by atoms with E-state index >= 15 is 0 Å². The van der Waals surface area contributed by atoms with Crippen LogP contribution in [0.1, 0.15) is 6.42 Å². The lowest BCUT2D eigenvalue weighted by Crippen LogP contribution is -2.36. The largest absolute Gasteiger partial charge is 0.320 e. The fraction of sp³-hybridized carbons (Fsp3) is 0.444. The van der Waals surface area contributed by atoms with Crippen LogP contribution in [-0.4, -0.2) is 33.9 Å². The maximum absolute atomic E-state index is 11.6. The van der Waals surface area contributed by atoms with Gasteiger partial charge in [-0.05, 0) is 18.4 Å². The highest BCUT2D eigenvalue weighted by Crippen LogP contribution is 2.09. The molecule has 0 bridgehead atoms. The van der Waals surface area contributed by atoms with Crippen molar-refractivity contribution < 1.29 is 4.79 Å². The van der Waals surface area contributed by atoms with Gasteiger partial charge in [-0.1, -0.05) is 11.6 Å². The Kier molecular flexibility index (Phi) is 5.51. The van der Waals surface area contributed by atoms with Crippen LogP contribution in [0, 0.1) is 0 Å². The average molecular weight is 261 g/mol. The standard InChI is InChI=1S/C9H13ClN4OS/c1-16-3-2-6(11)9(15)14-8-4-7(10)12-5-13-8/h4-6H,2-3,11H2,1H3,(H,12,13,14,15)/t6-/m1/s1. The van der Waals surface area contributed by atoms with Gasteiger partial charge in [-0.2, -0.15) is 11.8 Å². The van der Waals surface area contributed by atoms with E-state index < -0.39 is 6.04 Å². The fourth-order valence-corrected chi connectivity index (χ4v) is 1.63. The summed E-state index contributed by atoms with van der Waals surface area (Å²) >= 11 is 7.30.